The Morgan fingerprint density at radius 2 is 1.16 bits per heavy atom. The summed E-state index contributed by atoms with van der Waals surface area (Å²) in [6.45, 7) is 22.1. The largest absolute Gasteiger partial charge is 0.397 e. The third-order valence-electron chi connectivity index (χ3n) is 25.5. The lowest BCUT2D eigenvalue weighted by Crippen LogP contribution is -2.76. The molecule has 4 saturated carbocycles. The van der Waals surface area contributed by atoms with Crippen molar-refractivity contribution in [3.05, 3.63) is 33.9 Å². The molecular weight excluding hydrogens is 1000 g/mol. The molecule has 17 heteroatoms. The van der Waals surface area contributed by atoms with Crippen LogP contribution in [0, 0.1) is 91.2 Å². The molecule has 6 bridgehead atoms. The third kappa shape index (κ3) is 7.39. The number of aliphatic hydroxyl groups excluding tert-OH is 2. The molecule has 15 nitrogen and oxygen atoms in total. The minimum atomic E-state index is -4.84. The lowest BCUT2D eigenvalue weighted by Gasteiger charge is -2.69. The van der Waals surface area contributed by atoms with E-state index in [0.29, 0.717) is 36.5 Å². The quantitative estimate of drug-likeness (QED) is 0.0886. The fourth-order valence-corrected chi connectivity index (χ4v) is 23.4. The Bertz CT molecular complexity index is 2720. The van der Waals surface area contributed by atoms with Gasteiger partial charge in [-0.3, -0.25) is 9.11 Å². The van der Waals surface area contributed by atoms with E-state index in [9.17, 15) is 46.4 Å². The number of allylic oxidation sites excluding steroid dienone is 1. The predicted octanol–water partition coefficient (Wildman–Crippen LogP) is 8.82. The van der Waals surface area contributed by atoms with Gasteiger partial charge in [0, 0.05) is 38.9 Å². The van der Waals surface area contributed by atoms with E-state index in [0.717, 1.165) is 77.0 Å². The number of fused-ring (bicyclic) bond motifs is 10. The van der Waals surface area contributed by atoms with Gasteiger partial charge in [0.1, 0.15) is 12.2 Å². The molecule has 75 heavy (non-hydrogen) atoms. The number of hydrogen-bond acceptors (Lipinski definition) is 13. The number of rotatable bonds is 10. The van der Waals surface area contributed by atoms with Crippen molar-refractivity contribution in [1.82, 2.24) is 0 Å². The highest BCUT2D eigenvalue weighted by Gasteiger charge is 2.76. The topological polar surface area (TPSA) is 236 Å². The van der Waals surface area contributed by atoms with Gasteiger partial charge in [-0.25, -0.2) is 8.37 Å². The van der Waals surface area contributed by atoms with Crippen molar-refractivity contribution in [1.29, 1.82) is 0 Å². The molecule has 0 amide bonds. The van der Waals surface area contributed by atoms with Crippen LogP contribution in [0.3, 0.4) is 0 Å². The zero-order valence-corrected chi connectivity index (χ0v) is 47.8. The molecule has 6 N–H and O–H groups in total. The van der Waals surface area contributed by atoms with Crippen LogP contribution in [0.15, 0.2) is 33.9 Å². The van der Waals surface area contributed by atoms with Gasteiger partial charge in [-0.05, 0) is 162 Å². The summed E-state index contributed by atoms with van der Waals surface area (Å²) in [6.07, 6.45) is 11.1. The van der Waals surface area contributed by atoms with E-state index in [-0.39, 0.29) is 72.3 Å². The van der Waals surface area contributed by atoms with E-state index >= 15 is 0 Å². The average molecular weight is 1090 g/mol. The standard InChI is InChI=1S/C58H88O15S2/c1-30(36-12-14-38-34-22-43(72-74(63,64)65)48-50(4,5)57(61)45(59)26-55(48,28-69-57)40(34)17-19-53(36,38)9)11-16-47-52(8)24-31(2)33(25-52)21-42(71-47)32(3)37-13-15-39-35-23-44(73-75(66,67)68)49-51(6,7)58(62)46(60)27-56(49,29-70-58)41(35)18-20-54(37,39)10/h24,30,32-33,36-39,42-49,59-62H,11-23,25-29H2,1-10H3,(H,63,64,65)(H,66,67,68). The average Bonchev–Trinajstić information content (AvgIpc) is 4.01. The van der Waals surface area contributed by atoms with Gasteiger partial charge in [0.25, 0.3) is 0 Å². The summed E-state index contributed by atoms with van der Waals surface area (Å²) in [4.78, 5) is 0. The Labute approximate surface area is 446 Å². The van der Waals surface area contributed by atoms with Gasteiger partial charge < -0.3 is 34.6 Å². The van der Waals surface area contributed by atoms with Crippen LogP contribution in [0.2, 0.25) is 0 Å². The minimum absolute atomic E-state index is 0.0312. The summed E-state index contributed by atoms with van der Waals surface area (Å²) in [5.41, 5.74) is 2.53. The van der Waals surface area contributed by atoms with E-state index < -0.39 is 90.3 Å². The summed E-state index contributed by atoms with van der Waals surface area (Å²) in [6, 6.07) is 0. The first-order valence-corrected chi connectivity index (χ1v) is 31.6. The van der Waals surface area contributed by atoms with Gasteiger partial charge in [0.05, 0.1) is 37.6 Å². The smallest absolute Gasteiger partial charge is 0.387 e. The van der Waals surface area contributed by atoms with E-state index in [2.05, 4.69) is 47.6 Å². The summed E-state index contributed by atoms with van der Waals surface area (Å²) >= 11 is 0. The number of aliphatic hydroxyl groups is 4. The van der Waals surface area contributed by atoms with E-state index in [1.165, 1.54) is 27.9 Å². The van der Waals surface area contributed by atoms with E-state index in [1.807, 2.05) is 27.7 Å². The van der Waals surface area contributed by atoms with Crippen molar-refractivity contribution in [2.24, 2.45) is 91.2 Å². The summed E-state index contributed by atoms with van der Waals surface area (Å²) in [5, 5.41) is 46.5. The van der Waals surface area contributed by atoms with Crippen LogP contribution in [-0.2, 0) is 43.4 Å². The molecule has 0 aromatic heterocycles. The molecule has 9 fully saturated rings. The first-order valence-electron chi connectivity index (χ1n) is 28.9. The molecule has 5 heterocycles. The highest BCUT2D eigenvalue weighted by molar-refractivity contribution is 7.81. The lowest BCUT2D eigenvalue weighted by molar-refractivity contribution is -0.408. The van der Waals surface area contributed by atoms with Crippen molar-refractivity contribution in [3.8, 4) is 0 Å². The van der Waals surface area contributed by atoms with Crippen LogP contribution in [0.4, 0.5) is 0 Å². The van der Waals surface area contributed by atoms with Crippen LogP contribution in [0.1, 0.15) is 172 Å². The van der Waals surface area contributed by atoms with Gasteiger partial charge in [0.2, 0.25) is 0 Å². The molecule has 14 rings (SSSR count). The molecule has 5 saturated heterocycles. The SMILES string of the molecule is CC1=CC2(C)CC1CC(C(C)C1CCC3C4=C(CCC31C)C13COC(O)(C(O)C1)C(C)(C)C3C(OS(=O)(=O)O)C4)OC2CCC(C)C1CCC2C3=C(CCC21C)C12COC(O)(C(O)C1)C(C)(C)C2C(OS(=O)(=O)O)C3. The molecule has 0 aromatic carbocycles. The number of ether oxygens (including phenoxy) is 3. The van der Waals surface area contributed by atoms with Crippen LogP contribution in [0.25, 0.3) is 0 Å². The monoisotopic (exact) mass is 1090 g/mol. The van der Waals surface area contributed by atoms with Crippen LogP contribution < -0.4 is 0 Å². The van der Waals surface area contributed by atoms with Crippen molar-refractivity contribution in [2.45, 2.75) is 220 Å². The Balaban J connectivity index is 0.784. The molecular formula is C58H88O15S2. The fourth-order valence-electron chi connectivity index (χ4n) is 22.4. The van der Waals surface area contributed by atoms with Crippen molar-refractivity contribution in [3.63, 3.8) is 0 Å². The van der Waals surface area contributed by atoms with Crippen molar-refractivity contribution in [2.75, 3.05) is 13.2 Å². The Morgan fingerprint density at radius 1 is 0.693 bits per heavy atom. The molecule has 9 aliphatic carbocycles. The first kappa shape index (κ1) is 54.3. The summed E-state index contributed by atoms with van der Waals surface area (Å²) < 4.78 is 102. The molecule has 22 atom stereocenters. The van der Waals surface area contributed by atoms with Gasteiger partial charge >= 0.3 is 20.8 Å². The van der Waals surface area contributed by atoms with Crippen molar-refractivity contribution >= 4 is 20.8 Å². The first-order chi connectivity index (χ1) is 34.7. The van der Waals surface area contributed by atoms with Gasteiger partial charge in [0.15, 0.2) is 11.6 Å². The lowest BCUT2D eigenvalue weighted by atomic mass is 9.42. The Hall–Kier alpha value is -1.32. The fraction of sp³-hybridized carbons (Fsp3) is 0.897. The molecule has 14 aliphatic rings. The zero-order chi connectivity index (χ0) is 54.0. The zero-order valence-electron chi connectivity index (χ0n) is 46.1. The summed E-state index contributed by atoms with van der Waals surface area (Å²) in [5.74, 6) is -2.53. The second-order valence-electron chi connectivity index (χ2n) is 29.3. The minimum Gasteiger partial charge on any atom is -0.387 e. The van der Waals surface area contributed by atoms with Gasteiger partial charge in [-0.2, -0.15) is 16.8 Å². The van der Waals surface area contributed by atoms with E-state index in [1.54, 1.807) is 0 Å². The Kier molecular flexibility index (Phi) is 12.2. The van der Waals surface area contributed by atoms with E-state index in [4.69, 9.17) is 22.6 Å². The van der Waals surface area contributed by atoms with Gasteiger partial charge in [-0.1, -0.05) is 96.3 Å². The molecule has 0 aromatic rings. The number of hydrogen-bond donors (Lipinski definition) is 6. The molecule has 22 unspecified atom stereocenters. The molecule has 0 radical (unpaired) electrons. The normalized spacial score (nSPS) is 52.0. The predicted molar refractivity (Wildman–Crippen MR) is 277 cm³/mol. The molecule has 422 valence electrons. The second kappa shape index (κ2) is 16.9. The molecule has 5 aliphatic heterocycles. The highest BCUT2D eigenvalue weighted by atomic mass is 32.3. The second-order valence-corrected chi connectivity index (χ2v) is 31.3. The van der Waals surface area contributed by atoms with Crippen molar-refractivity contribution < 1.29 is 68.9 Å². The van der Waals surface area contributed by atoms with Crippen LogP contribution >= 0.6 is 0 Å². The van der Waals surface area contributed by atoms with Crippen LogP contribution in [-0.4, -0.2) is 108 Å². The third-order valence-corrected chi connectivity index (χ3v) is 26.5. The molecule has 2 spiro atoms. The van der Waals surface area contributed by atoms with Crippen LogP contribution in [0.5, 0.6) is 0 Å². The van der Waals surface area contributed by atoms with Gasteiger partial charge in [-0.15, -0.1) is 0 Å². The highest BCUT2D eigenvalue weighted by Crippen LogP contribution is 2.74. The maximum absolute atomic E-state index is 12.6. The Morgan fingerprint density at radius 3 is 1.63 bits per heavy atom. The maximum Gasteiger partial charge on any atom is 0.397 e. The summed E-state index contributed by atoms with van der Waals surface area (Å²) in [7, 11) is -9.66. The maximum atomic E-state index is 12.6.